The molecule has 0 spiro atoms. The number of β-amino-alcohol motifs (C(OH)–C–C–N with tert-alkyl or cyclic N) is 1. The molecule has 2 aromatic carbocycles. The summed E-state index contributed by atoms with van der Waals surface area (Å²) < 4.78 is 5.99. The van der Waals surface area contributed by atoms with E-state index in [-0.39, 0.29) is 6.10 Å². The van der Waals surface area contributed by atoms with Crippen molar-refractivity contribution in [3.8, 4) is 22.9 Å². The lowest BCUT2D eigenvalue weighted by atomic mass is 9.96. The quantitative estimate of drug-likeness (QED) is 0.822. The van der Waals surface area contributed by atoms with Gasteiger partial charge in [-0.25, -0.2) is 0 Å². The van der Waals surface area contributed by atoms with Crippen molar-refractivity contribution >= 4 is 0 Å². The molecule has 0 radical (unpaired) electrons. The molecule has 25 heavy (non-hydrogen) atoms. The van der Waals surface area contributed by atoms with Crippen molar-refractivity contribution in [3.63, 3.8) is 0 Å². The van der Waals surface area contributed by atoms with E-state index in [1.807, 2.05) is 49.4 Å². The van der Waals surface area contributed by atoms with Crippen LogP contribution in [0, 0.1) is 18.3 Å². The molecule has 2 aromatic rings. The summed E-state index contributed by atoms with van der Waals surface area (Å²) in [5.74, 6) is 0.867. The number of hydrogen-bond donors (Lipinski definition) is 1. The van der Waals surface area contributed by atoms with Gasteiger partial charge in [-0.1, -0.05) is 30.3 Å². The van der Waals surface area contributed by atoms with Gasteiger partial charge < -0.3 is 14.7 Å². The van der Waals surface area contributed by atoms with Gasteiger partial charge in [0.05, 0.1) is 24.3 Å². The van der Waals surface area contributed by atoms with Crippen molar-refractivity contribution in [1.82, 2.24) is 4.90 Å². The summed E-state index contributed by atoms with van der Waals surface area (Å²) in [6.07, 6.45) is 1.64. The van der Waals surface area contributed by atoms with E-state index in [4.69, 9.17) is 4.74 Å². The van der Waals surface area contributed by atoms with Crippen LogP contribution >= 0.6 is 0 Å². The lowest BCUT2D eigenvalue weighted by molar-refractivity contribution is 0.173. The number of likely N-dealkylation sites (tertiary alicyclic amines) is 1. The van der Waals surface area contributed by atoms with Crippen LogP contribution in [0.2, 0.25) is 0 Å². The first-order chi connectivity index (χ1) is 12.2. The van der Waals surface area contributed by atoms with Crippen LogP contribution in [0.5, 0.6) is 5.75 Å². The average Bonchev–Trinajstić information content (AvgIpc) is 3.05. The fourth-order valence-electron chi connectivity index (χ4n) is 3.36. The number of nitriles is 1. The molecule has 1 fully saturated rings. The van der Waals surface area contributed by atoms with Crippen molar-refractivity contribution in [3.05, 3.63) is 53.6 Å². The molecule has 1 N–H and O–H groups in total. The molecule has 4 heteroatoms. The summed E-state index contributed by atoms with van der Waals surface area (Å²) in [7, 11) is 0. The minimum absolute atomic E-state index is 0.167. The highest BCUT2D eigenvalue weighted by molar-refractivity contribution is 5.74. The largest absolute Gasteiger partial charge is 0.493 e. The Morgan fingerprint density at radius 3 is 2.76 bits per heavy atom. The Balaban J connectivity index is 1.64. The molecule has 1 heterocycles. The maximum absolute atomic E-state index is 9.56. The topological polar surface area (TPSA) is 56.5 Å². The highest BCUT2D eigenvalue weighted by atomic mass is 16.5. The van der Waals surface area contributed by atoms with Gasteiger partial charge in [-0.2, -0.15) is 5.26 Å². The number of aliphatic hydroxyl groups is 1. The molecule has 1 atom stereocenters. The fourth-order valence-corrected chi connectivity index (χ4v) is 3.36. The Labute approximate surface area is 149 Å². The van der Waals surface area contributed by atoms with Crippen LogP contribution in [0.25, 0.3) is 11.1 Å². The predicted molar refractivity (Wildman–Crippen MR) is 98.5 cm³/mol. The van der Waals surface area contributed by atoms with Gasteiger partial charge in [0.2, 0.25) is 0 Å². The minimum Gasteiger partial charge on any atom is -0.493 e. The van der Waals surface area contributed by atoms with E-state index in [0.29, 0.717) is 12.2 Å². The number of hydrogen-bond acceptors (Lipinski definition) is 4. The zero-order valence-corrected chi connectivity index (χ0v) is 14.6. The van der Waals surface area contributed by atoms with E-state index in [0.717, 1.165) is 54.9 Å². The number of rotatable bonds is 6. The van der Waals surface area contributed by atoms with Crippen molar-refractivity contribution in [1.29, 1.82) is 5.26 Å². The van der Waals surface area contributed by atoms with E-state index in [1.54, 1.807) is 0 Å². The van der Waals surface area contributed by atoms with E-state index < -0.39 is 0 Å². The average molecular weight is 336 g/mol. The molecule has 0 aromatic heterocycles. The lowest BCUT2D eigenvalue weighted by Crippen LogP contribution is -2.24. The van der Waals surface area contributed by atoms with Crippen LogP contribution < -0.4 is 4.74 Å². The maximum Gasteiger partial charge on any atom is 0.122 e. The van der Waals surface area contributed by atoms with Gasteiger partial charge >= 0.3 is 0 Å². The predicted octanol–water partition coefficient (Wildman–Crippen LogP) is 3.37. The van der Waals surface area contributed by atoms with Gasteiger partial charge in [0.25, 0.3) is 0 Å². The third-order valence-corrected chi connectivity index (χ3v) is 4.75. The molecule has 0 aliphatic carbocycles. The SMILES string of the molecule is Cc1c(OCCCN2CC[C@@H](O)C2)cccc1-c1ccccc1C#N. The summed E-state index contributed by atoms with van der Waals surface area (Å²) in [6, 6.07) is 15.9. The highest BCUT2D eigenvalue weighted by Gasteiger charge is 2.19. The van der Waals surface area contributed by atoms with Crippen LogP contribution in [-0.2, 0) is 0 Å². The first-order valence-corrected chi connectivity index (χ1v) is 8.81. The van der Waals surface area contributed by atoms with Crippen molar-refractivity contribution in [2.75, 3.05) is 26.2 Å². The van der Waals surface area contributed by atoms with Crippen molar-refractivity contribution in [2.24, 2.45) is 0 Å². The van der Waals surface area contributed by atoms with Gasteiger partial charge in [0.1, 0.15) is 5.75 Å². The van der Waals surface area contributed by atoms with Crippen LogP contribution in [0.4, 0.5) is 0 Å². The minimum atomic E-state index is -0.167. The first kappa shape index (κ1) is 17.5. The Morgan fingerprint density at radius 2 is 2.00 bits per heavy atom. The summed E-state index contributed by atoms with van der Waals surface area (Å²) in [5.41, 5.74) is 3.72. The van der Waals surface area contributed by atoms with Gasteiger partial charge in [-0.05, 0) is 48.6 Å². The van der Waals surface area contributed by atoms with Crippen LogP contribution in [-0.4, -0.2) is 42.4 Å². The second kappa shape index (κ2) is 8.15. The summed E-state index contributed by atoms with van der Waals surface area (Å²) in [6.45, 7) is 5.39. The molecule has 0 bridgehead atoms. The number of nitrogens with zero attached hydrogens (tertiary/aromatic N) is 2. The molecule has 1 aliphatic heterocycles. The standard InChI is InChI=1S/C21H24N2O2/c1-16-19(20-7-3-2-6-17(20)14-22)8-4-9-21(16)25-13-5-11-23-12-10-18(24)15-23/h2-4,6-9,18,24H,5,10-13,15H2,1H3/t18-/m1/s1. The smallest absolute Gasteiger partial charge is 0.122 e. The van der Waals surface area contributed by atoms with Crippen LogP contribution in [0.15, 0.2) is 42.5 Å². The molecule has 1 saturated heterocycles. The lowest BCUT2D eigenvalue weighted by Gasteiger charge is -2.16. The Bertz CT molecular complexity index is 767. The van der Waals surface area contributed by atoms with E-state index in [9.17, 15) is 10.4 Å². The second-order valence-corrected chi connectivity index (χ2v) is 6.53. The third-order valence-electron chi connectivity index (χ3n) is 4.75. The first-order valence-electron chi connectivity index (χ1n) is 8.81. The van der Waals surface area contributed by atoms with Crippen molar-refractivity contribution < 1.29 is 9.84 Å². The van der Waals surface area contributed by atoms with Gasteiger partial charge in [-0.3, -0.25) is 0 Å². The molecule has 130 valence electrons. The highest BCUT2D eigenvalue weighted by Crippen LogP contribution is 2.32. The molecule has 0 saturated carbocycles. The molecular weight excluding hydrogens is 312 g/mol. The summed E-state index contributed by atoms with van der Waals surface area (Å²) in [5, 5.41) is 18.9. The van der Waals surface area contributed by atoms with Gasteiger partial charge in [0, 0.05) is 19.6 Å². The van der Waals surface area contributed by atoms with Gasteiger partial charge in [-0.15, -0.1) is 0 Å². The fraction of sp³-hybridized carbons (Fsp3) is 0.381. The van der Waals surface area contributed by atoms with E-state index in [1.165, 1.54) is 0 Å². The molecular formula is C21H24N2O2. The Morgan fingerprint density at radius 1 is 1.20 bits per heavy atom. The van der Waals surface area contributed by atoms with Gasteiger partial charge in [0.15, 0.2) is 0 Å². The van der Waals surface area contributed by atoms with E-state index in [2.05, 4.69) is 11.0 Å². The molecule has 1 aliphatic rings. The van der Waals surface area contributed by atoms with Crippen LogP contribution in [0.1, 0.15) is 24.0 Å². The second-order valence-electron chi connectivity index (χ2n) is 6.53. The maximum atomic E-state index is 9.56. The monoisotopic (exact) mass is 336 g/mol. The van der Waals surface area contributed by atoms with Crippen LogP contribution in [0.3, 0.4) is 0 Å². The Hall–Kier alpha value is -2.35. The van der Waals surface area contributed by atoms with E-state index >= 15 is 0 Å². The Kier molecular flexibility index (Phi) is 5.70. The zero-order valence-electron chi connectivity index (χ0n) is 14.6. The molecule has 0 amide bonds. The van der Waals surface area contributed by atoms with Crippen molar-refractivity contribution in [2.45, 2.75) is 25.9 Å². The number of benzene rings is 2. The normalized spacial score (nSPS) is 17.4. The molecule has 3 rings (SSSR count). The third kappa shape index (κ3) is 4.19. The summed E-state index contributed by atoms with van der Waals surface area (Å²) >= 11 is 0. The number of aliphatic hydroxyl groups excluding tert-OH is 1. The number of ether oxygens (including phenoxy) is 1. The molecule has 4 nitrogen and oxygen atoms in total. The summed E-state index contributed by atoms with van der Waals surface area (Å²) in [4.78, 5) is 2.28. The zero-order chi connectivity index (χ0) is 17.6. The molecule has 0 unspecified atom stereocenters.